The van der Waals surface area contributed by atoms with Gasteiger partial charge in [0, 0.05) is 25.7 Å². The standard InChI is InChI=1S/C73H138O17P2/c1-8-10-11-12-13-14-15-16-17-21-24-27-32-42-49-57-73(78)90-69(61-84-71(76)55-48-41-36-35-38-45-52-65(5)6)63-88-92(81,82)86-59-67(74)58-85-91(79,80)87-62-68(60-83-70(75)54-47-40-34-29-30-37-44-51-64(3)4)89-72(77)56-50-43-33-28-25-22-19-18-20-23-26-31-39-46-53-66(7)9-2/h14-17,64-69,74H,8-13,18-63H2,1-7H3,(H,79,80)(H,81,82)/b15-14-,17-16-/t66?,67?,68-,69-/m1/s1. The fourth-order valence-electron chi connectivity index (χ4n) is 10.5. The maximum atomic E-state index is 13.0. The van der Waals surface area contributed by atoms with E-state index in [1.54, 1.807) is 0 Å². The highest BCUT2D eigenvalue weighted by molar-refractivity contribution is 7.47. The van der Waals surface area contributed by atoms with E-state index in [0.717, 1.165) is 121 Å². The van der Waals surface area contributed by atoms with Gasteiger partial charge in [0.2, 0.25) is 0 Å². The number of hydrogen-bond donors (Lipinski definition) is 3. The maximum Gasteiger partial charge on any atom is 0.472 e. The fourth-order valence-corrected chi connectivity index (χ4v) is 12.1. The second kappa shape index (κ2) is 63.3. The fraction of sp³-hybridized carbons (Fsp3) is 0.890. The summed E-state index contributed by atoms with van der Waals surface area (Å²) in [6, 6.07) is 0. The van der Waals surface area contributed by atoms with E-state index in [1.165, 1.54) is 128 Å². The largest absolute Gasteiger partial charge is 0.472 e. The molecule has 0 rings (SSSR count). The molecular formula is C73H138O17P2. The van der Waals surface area contributed by atoms with Crippen molar-refractivity contribution in [1.82, 2.24) is 0 Å². The van der Waals surface area contributed by atoms with Crippen LogP contribution in [0.3, 0.4) is 0 Å². The average molecular weight is 1350 g/mol. The Labute approximate surface area is 561 Å². The molecule has 0 bridgehead atoms. The molecular weight excluding hydrogens is 1210 g/mol. The van der Waals surface area contributed by atoms with Crippen LogP contribution in [0.4, 0.5) is 0 Å². The van der Waals surface area contributed by atoms with E-state index >= 15 is 0 Å². The van der Waals surface area contributed by atoms with E-state index in [-0.39, 0.29) is 25.7 Å². The zero-order valence-corrected chi connectivity index (χ0v) is 61.3. The third-order valence-electron chi connectivity index (χ3n) is 16.6. The van der Waals surface area contributed by atoms with Gasteiger partial charge in [0.15, 0.2) is 12.2 Å². The van der Waals surface area contributed by atoms with Gasteiger partial charge in [-0.15, -0.1) is 0 Å². The number of phosphoric acid groups is 2. The number of rotatable bonds is 69. The monoisotopic (exact) mass is 1350 g/mol. The maximum absolute atomic E-state index is 13.0. The van der Waals surface area contributed by atoms with E-state index < -0.39 is 97.5 Å². The van der Waals surface area contributed by atoms with Crippen molar-refractivity contribution in [3.8, 4) is 0 Å². The Hall–Kier alpha value is -2.46. The minimum Gasteiger partial charge on any atom is -0.462 e. The van der Waals surface area contributed by atoms with Crippen LogP contribution in [-0.4, -0.2) is 96.7 Å². The summed E-state index contributed by atoms with van der Waals surface area (Å²) in [6.07, 6.45) is 51.0. The predicted octanol–water partition coefficient (Wildman–Crippen LogP) is 20.6. The first kappa shape index (κ1) is 89.5. The summed E-state index contributed by atoms with van der Waals surface area (Å²) in [4.78, 5) is 72.6. The Kier molecular flexibility index (Phi) is 61.6. The van der Waals surface area contributed by atoms with Crippen LogP contribution in [0.2, 0.25) is 0 Å². The molecule has 542 valence electrons. The average Bonchev–Trinajstić information content (AvgIpc) is 1.81. The lowest BCUT2D eigenvalue weighted by atomic mass is 9.99. The van der Waals surface area contributed by atoms with Crippen molar-refractivity contribution in [3.63, 3.8) is 0 Å². The van der Waals surface area contributed by atoms with Crippen LogP contribution in [0.5, 0.6) is 0 Å². The first-order valence-electron chi connectivity index (χ1n) is 37.2. The minimum atomic E-state index is -4.96. The van der Waals surface area contributed by atoms with E-state index in [1.807, 2.05) is 0 Å². The van der Waals surface area contributed by atoms with Gasteiger partial charge >= 0.3 is 39.5 Å². The Morgan fingerprint density at radius 1 is 0.359 bits per heavy atom. The normalized spacial score (nSPS) is 14.6. The van der Waals surface area contributed by atoms with Gasteiger partial charge in [-0.05, 0) is 69.1 Å². The predicted molar refractivity (Wildman–Crippen MR) is 372 cm³/mol. The van der Waals surface area contributed by atoms with Gasteiger partial charge in [-0.2, -0.15) is 0 Å². The molecule has 0 aliphatic rings. The second-order valence-corrected chi connectivity index (χ2v) is 29.7. The van der Waals surface area contributed by atoms with Crippen LogP contribution in [0.1, 0.15) is 344 Å². The molecule has 0 heterocycles. The SMILES string of the molecule is CCCCCC/C=C\C=C/CCCCCCCC(=O)O[C@H](COC(=O)CCCCCCCCC(C)C)COP(=O)(O)OCC(O)COP(=O)(O)OC[C@@H](COC(=O)CCCCCCCCCC(C)C)OC(=O)CCCCCCCCCCCCCCCCC(C)CC. The van der Waals surface area contributed by atoms with Gasteiger partial charge in [-0.3, -0.25) is 37.3 Å². The van der Waals surface area contributed by atoms with Crippen molar-refractivity contribution in [3.05, 3.63) is 24.3 Å². The lowest BCUT2D eigenvalue weighted by molar-refractivity contribution is -0.161. The summed E-state index contributed by atoms with van der Waals surface area (Å²) in [5.41, 5.74) is 0. The molecule has 6 atom stereocenters. The number of aliphatic hydroxyl groups excluding tert-OH is 1. The summed E-state index contributed by atoms with van der Waals surface area (Å²) < 4.78 is 68.3. The molecule has 92 heavy (non-hydrogen) atoms. The molecule has 0 spiro atoms. The summed E-state index contributed by atoms with van der Waals surface area (Å²) in [6.45, 7) is 11.7. The van der Waals surface area contributed by atoms with Gasteiger partial charge in [-0.25, -0.2) is 9.13 Å². The molecule has 0 aliphatic carbocycles. The molecule has 17 nitrogen and oxygen atoms in total. The number of esters is 4. The molecule has 4 unspecified atom stereocenters. The van der Waals surface area contributed by atoms with Gasteiger partial charge in [0.25, 0.3) is 0 Å². The van der Waals surface area contributed by atoms with Crippen LogP contribution < -0.4 is 0 Å². The highest BCUT2D eigenvalue weighted by Gasteiger charge is 2.30. The molecule has 19 heteroatoms. The highest BCUT2D eigenvalue weighted by atomic mass is 31.2. The molecule has 0 aliphatic heterocycles. The molecule has 0 aromatic heterocycles. The molecule has 3 N–H and O–H groups in total. The van der Waals surface area contributed by atoms with Crippen LogP contribution in [0.25, 0.3) is 0 Å². The lowest BCUT2D eigenvalue weighted by Gasteiger charge is -2.21. The smallest absolute Gasteiger partial charge is 0.462 e. The molecule has 0 aromatic carbocycles. The van der Waals surface area contributed by atoms with Crippen molar-refractivity contribution in [2.75, 3.05) is 39.6 Å². The van der Waals surface area contributed by atoms with Crippen molar-refractivity contribution in [1.29, 1.82) is 0 Å². The van der Waals surface area contributed by atoms with Crippen LogP contribution in [0, 0.1) is 17.8 Å². The van der Waals surface area contributed by atoms with Crippen molar-refractivity contribution < 1.29 is 80.2 Å². The molecule has 0 fully saturated rings. The topological polar surface area (TPSA) is 237 Å². The van der Waals surface area contributed by atoms with Crippen molar-refractivity contribution >= 4 is 39.5 Å². The van der Waals surface area contributed by atoms with Gasteiger partial charge in [0.05, 0.1) is 26.4 Å². The summed E-state index contributed by atoms with van der Waals surface area (Å²) in [7, 11) is -9.92. The van der Waals surface area contributed by atoms with E-state index in [0.29, 0.717) is 37.5 Å². The molecule has 0 saturated carbocycles. The Morgan fingerprint density at radius 3 is 0.967 bits per heavy atom. The van der Waals surface area contributed by atoms with Crippen molar-refractivity contribution in [2.45, 2.75) is 362 Å². The summed E-state index contributed by atoms with van der Waals surface area (Å²) in [5, 5.41) is 10.6. The van der Waals surface area contributed by atoms with E-state index in [9.17, 15) is 43.2 Å². The highest BCUT2D eigenvalue weighted by Crippen LogP contribution is 2.45. The number of unbranched alkanes of at least 4 members (excludes halogenated alkanes) is 33. The molecule has 0 aromatic rings. The summed E-state index contributed by atoms with van der Waals surface area (Å²) in [5.74, 6) is 0.0673. The van der Waals surface area contributed by atoms with E-state index in [4.69, 9.17) is 37.0 Å². The Morgan fingerprint density at radius 2 is 0.641 bits per heavy atom. The first-order chi connectivity index (χ1) is 44.3. The molecule has 0 saturated heterocycles. The lowest BCUT2D eigenvalue weighted by Crippen LogP contribution is -2.30. The van der Waals surface area contributed by atoms with Crippen molar-refractivity contribution in [2.24, 2.45) is 17.8 Å². The molecule has 0 radical (unpaired) electrons. The van der Waals surface area contributed by atoms with Crippen LogP contribution >= 0.6 is 15.6 Å². The second-order valence-electron chi connectivity index (χ2n) is 26.8. The van der Waals surface area contributed by atoms with Gasteiger partial charge in [0.1, 0.15) is 19.3 Å². The zero-order chi connectivity index (χ0) is 68.0. The number of hydrogen-bond acceptors (Lipinski definition) is 15. The Bertz CT molecular complexity index is 1900. The number of ether oxygens (including phenoxy) is 4. The summed E-state index contributed by atoms with van der Waals surface area (Å²) >= 11 is 0. The van der Waals surface area contributed by atoms with E-state index in [2.05, 4.69) is 72.8 Å². The van der Waals surface area contributed by atoms with Gasteiger partial charge < -0.3 is 33.8 Å². The molecule has 0 amide bonds. The van der Waals surface area contributed by atoms with Gasteiger partial charge in [-0.1, -0.05) is 291 Å². The zero-order valence-electron chi connectivity index (χ0n) is 59.5. The first-order valence-corrected chi connectivity index (χ1v) is 40.2. The van der Waals surface area contributed by atoms with Crippen LogP contribution in [0.15, 0.2) is 24.3 Å². The third kappa shape index (κ3) is 64.9. The van der Waals surface area contributed by atoms with Crippen LogP contribution in [-0.2, 0) is 65.4 Å². The number of aliphatic hydroxyl groups is 1. The Balaban J connectivity index is 5.24. The quantitative estimate of drug-likeness (QED) is 0.0169. The number of carbonyl (C=O) groups excluding carboxylic acids is 4. The number of carbonyl (C=O) groups is 4. The minimum absolute atomic E-state index is 0.0835. The number of allylic oxidation sites excluding steroid dienone is 4. The number of phosphoric ester groups is 2. The third-order valence-corrected chi connectivity index (χ3v) is 18.5.